The average molecular weight is 270 g/mol. The number of carbonyl (C=O) groups excluding carboxylic acids is 1. The number of nitrogens with zero attached hydrogens (tertiary/aromatic N) is 1. The molecular formula is C14H26N2O3. The SMILES string of the molecule is CC(C)CN(CC(=O)O)C(=O)NCC1CCC(C)C1. The van der Waals surface area contributed by atoms with Crippen LogP contribution in [-0.4, -0.2) is 41.6 Å². The summed E-state index contributed by atoms with van der Waals surface area (Å²) < 4.78 is 0. The monoisotopic (exact) mass is 270 g/mol. The molecule has 1 aliphatic rings. The molecule has 5 nitrogen and oxygen atoms in total. The van der Waals surface area contributed by atoms with Gasteiger partial charge in [-0.05, 0) is 30.6 Å². The van der Waals surface area contributed by atoms with Gasteiger partial charge in [-0.3, -0.25) is 4.79 Å². The number of carboxylic acid groups (broad SMARTS) is 1. The molecule has 1 fully saturated rings. The van der Waals surface area contributed by atoms with Crippen molar-refractivity contribution in [1.29, 1.82) is 0 Å². The molecular weight excluding hydrogens is 244 g/mol. The van der Waals surface area contributed by atoms with E-state index in [4.69, 9.17) is 5.11 Å². The van der Waals surface area contributed by atoms with E-state index < -0.39 is 5.97 Å². The van der Waals surface area contributed by atoms with Crippen molar-refractivity contribution in [3.05, 3.63) is 0 Å². The van der Waals surface area contributed by atoms with Crippen molar-refractivity contribution in [2.45, 2.75) is 40.0 Å². The number of nitrogens with one attached hydrogen (secondary N) is 1. The van der Waals surface area contributed by atoms with Crippen LogP contribution in [0.3, 0.4) is 0 Å². The lowest BCUT2D eigenvalue weighted by Crippen LogP contribution is -2.45. The van der Waals surface area contributed by atoms with E-state index in [9.17, 15) is 9.59 Å². The lowest BCUT2D eigenvalue weighted by Gasteiger charge is -2.24. The third-order valence-electron chi connectivity index (χ3n) is 3.54. The van der Waals surface area contributed by atoms with Crippen LogP contribution in [0.4, 0.5) is 4.79 Å². The second kappa shape index (κ2) is 7.36. The lowest BCUT2D eigenvalue weighted by molar-refractivity contribution is -0.137. The zero-order valence-corrected chi connectivity index (χ0v) is 12.2. The Kier molecular flexibility index (Phi) is 6.12. The van der Waals surface area contributed by atoms with Crippen LogP contribution in [0.5, 0.6) is 0 Å². The minimum Gasteiger partial charge on any atom is -0.480 e. The molecule has 2 atom stereocenters. The van der Waals surface area contributed by atoms with Gasteiger partial charge in [-0.1, -0.05) is 27.2 Å². The van der Waals surface area contributed by atoms with E-state index in [1.54, 1.807) is 0 Å². The van der Waals surface area contributed by atoms with E-state index in [1.165, 1.54) is 11.3 Å². The van der Waals surface area contributed by atoms with Gasteiger partial charge < -0.3 is 15.3 Å². The highest BCUT2D eigenvalue weighted by Gasteiger charge is 2.23. The number of hydrogen-bond donors (Lipinski definition) is 2. The van der Waals surface area contributed by atoms with Gasteiger partial charge in [0.2, 0.25) is 0 Å². The van der Waals surface area contributed by atoms with Crippen molar-refractivity contribution in [2.75, 3.05) is 19.6 Å². The molecule has 0 radical (unpaired) electrons. The van der Waals surface area contributed by atoms with Crippen molar-refractivity contribution in [1.82, 2.24) is 10.2 Å². The molecule has 1 rings (SSSR count). The Balaban J connectivity index is 2.40. The predicted octanol–water partition coefficient (Wildman–Crippen LogP) is 2.17. The second-order valence-corrected chi connectivity index (χ2v) is 6.14. The molecule has 1 saturated carbocycles. The van der Waals surface area contributed by atoms with Crippen molar-refractivity contribution in [3.8, 4) is 0 Å². The quantitative estimate of drug-likeness (QED) is 0.777. The van der Waals surface area contributed by atoms with E-state index in [1.807, 2.05) is 13.8 Å². The molecule has 0 saturated heterocycles. The Hall–Kier alpha value is -1.26. The summed E-state index contributed by atoms with van der Waals surface area (Å²) >= 11 is 0. The average Bonchev–Trinajstić information content (AvgIpc) is 2.70. The van der Waals surface area contributed by atoms with Crippen LogP contribution >= 0.6 is 0 Å². The van der Waals surface area contributed by atoms with Crippen molar-refractivity contribution in [2.24, 2.45) is 17.8 Å². The van der Waals surface area contributed by atoms with Gasteiger partial charge in [0.15, 0.2) is 0 Å². The van der Waals surface area contributed by atoms with E-state index in [0.29, 0.717) is 19.0 Å². The first kappa shape index (κ1) is 15.8. The first-order valence-corrected chi connectivity index (χ1v) is 7.13. The summed E-state index contributed by atoms with van der Waals surface area (Å²) in [6.07, 6.45) is 3.54. The van der Waals surface area contributed by atoms with E-state index in [0.717, 1.165) is 18.8 Å². The number of aliphatic carboxylic acids is 1. The normalized spacial score (nSPS) is 22.5. The summed E-state index contributed by atoms with van der Waals surface area (Å²) in [6.45, 7) is 7.08. The molecule has 0 aliphatic heterocycles. The summed E-state index contributed by atoms with van der Waals surface area (Å²) in [5.41, 5.74) is 0. The van der Waals surface area contributed by atoms with Crippen molar-refractivity contribution >= 4 is 12.0 Å². The van der Waals surface area contributed by atoms with E-state index >= 15 is 0 Å². The zero-order valence-electron chi connectivity index (χ0n) is 12.2. The minimum atomic E-state index is -0.967. The van der Waals surface area contributed by atoms with Crippen LogP contribution in [0, 0.1) is 17.8 Å². The molecule has 19 heavy (non-hydrogen) atoms. The molecule has 0 aromatic carbocycles. The molecule has 2 amide bonds. The molecule has 0 aromatic rings. The summed E-state index contributed by atoms with van der Waals surface area (Å²) in [4.78, 5) is 24.2. The topological polar surface area (TPSA) is 69.6 Å². The van der Waals surface area contributed by atoms with Crippen LogP contribution in [0.25, 0.3) is 0 Å². The second-order valence-electron chi connectivity index (χ2n) is 6.14. The van der Waals surface area contributed by atoms with Gasteiger partial charge in [-0.15, -0.1) is 0 Å². The molecule has 0 aromatic heterocycles. The van der Waals surface area contributed by atoms with Gasteiger partial charge in [0, 0.05) is 13.1 Å². The highest BCUT2D eigenvalue weighted by Crippen LogP contribution is 2.29. The van der Waals surface area contributed by atoms with Crippen molar-refractivity contribution in [3.63, 3.8) is 0 Å². The Morgan fingerprint density at radius 3 is 2.53 bits per heavy atom. The fourth-order valence-electron chi connectivity index (χ4n) is 2.68. The first-order chi connectivity index (χ1) is 8.88. The highest BCUT2D eigenvalue weighted by molar-refractivity contribution is 5.80. The summed E-state index contributed by atoms with van der Waals surface area (Å²) in [5.74, 6) is 0.583. The number of carboxylic acids is 1. The van der Waals surface area contributed by atoms with Gasteiger partial charge in [0.05, 0.1) is 0 Å². The van der Waals surface area contributed by atoms with Crippen LogP contribution in [0.2, 0.25) is 0 Å². The summed E-state index contributed by atoms with van der Waals surface area (Å²) in [5, 5.41) is 11.7. The Morgan fingerprint density at radius 1 is 1.37 bits per heavy atom. The highest BCUT2D eigenvalue weighted by atomic mass is 16.4. The third-order valence-corrected chi connectivity index (χ3v) is 3.54. The standard InChI is InChI=1S/C14H26N2O3/c1-10(2)8-16(9-13(17)18)14(19)15-7-12-5-4-11(3)6-12/h10-12H,4-9H2,1-3H3,(H,15,19)(H,17,18). The molecule has 0 bridgehead atoms. The van der Waals surface area contributed by atoms with Gasteiger partial charge in [0.25, 0.3) is 0 Å². The first-order valence-electron chi connectivity index (χ1n) is 7.13. The van der Waals surface area contributed by atoms with Crippen LogP contribution in [0.15, 0.2) is 0 Å². The van der Waals surface area contributed by atoms with Crippen LogP contribution < -0.4 is 5.32 Å². The van der Waals surface area contributed by atoms with E-state index in [-0.39, 0.29) is 18.5 Å². The van der Waals surface area contributed by atoms with Gasteiger partial charge in [-0.2, -0.15) is 0 Å². The fraction of sp³-hybridized carbons (Fsp3) is 0.857. The maximum absolute atomic E-state index is 12.0. The number of amides is 2. The van der Waals surface area contributed by atoms with E-state index in [2.05, 4.69) is 12.2 Å². The fourth-order valence-corrected chi connectivity index (χ4v) is 2.68. The number of urea groups is 1. The molecule has 110 valence electrons. The molecule has 0 spiro atoms. The zero-order chi connectivity index (χ0) is 14.4. The molecule has 0 heterocycles. The third kappa shape index (κ3) is 5.94. The molecule has 2 N–H and O–H groups in total. The molecule has 1 aliphatic carbocycles. The van der Waals surface area contributed by atoms with Crippen LogP contribution in [-0.2, 0) is 4.79 Å². The number of carbonyl (C=O) groups is 2. The largest absolute Gasteiger partial charge is 0.480 e. The molecule has 5 heteroatoms. The Bertz CT molecular complexity index is 318. The Morgan fingerprint density at radius 2 is 2.05 bits per heavy atom. The Labute approximate surface area is 115 Å². The van der Waals surface area contributed by atoms with Crippen LogP contribution in [0.1, 0.15) is 40.0 Å². The maximum Gasteiger partial charge on any atom is 0.323 e. The van der Waals surface area contributed by atoms with Gasteiger partial charge in [0.1, 0.15) is 6.54 Å². The maximum atomic E-state index is 12.0. The summed E-state index contributed by atoms with van der Waals surface area (Å²) in [7, 11) is 0. The van der Waals surface area contributed by atoms with Crippen molar-refractivity contribution < 1.29 is 14.7 Å². The van der Waals surface area contributed by atoms with Gasteiger partial charge in [-0.25, -0.2) is 4.79 Å². The predicted molar refractivity (Wildman–Crippen MR) is 74.0 cm³/mol. The van der Waals surface area contributed by atoms with Gasteiger partial charge >= 0.3 is 12.0 Å². The lowest BCUT2D eigenvalue weighted by atomic mass is 10.1. The smallest absolute Gasteiger partial charge is 0.323 e. The number of rotatable bonds is 6. The minimum absolute atomic E-state index is 0.231. The number of hydrogen-bond acceptors (Lipinski definition) is 2. The summed E-state index contributed by atoms with van der Waals surface area (Å²) in [6, 6.07) is -0.254. The molecule has 2 unspecified atom stereocenters.